The van der Waals surface area contributed by atoms with Crippen molar-refractivity contribution in [2.45, 2.75) is 0 Å². The second kappa shape index (κ2) is 8.63. The molecule has 1 fully saturated rings. The number of carbonyl (C=O) groups is 4. The van der Waals surface area contributed by atoms with Gasteiger partial charge < -0.3 is 9.84 Å². The predicted octanol–water partition coefficient (Wildman–Crippen LogP) is 2.83. The topological polar surface area (TPSA) is 113 Å². The highest BCUT2D eigenvalue weighted by Gasteiger charge is 2.37. The molecule has 0 aliphatic carbocycles. The third-order valence-corrected chi connectivity index (χ3v) is 4.55. The van der Waals surface area contributed by atoms with Gasteiger partial charge in [0.2, 0.25) is 0 Å². The first-order chi connectivity index (χ1) is 14.3. The van der Waals surface area contributed by atoms with Crippen LogP contribution in [0, 0.1) is 12.3 Å². The van der Waals surface area contributed by atoms with E-state index in [-0.39, 0.29) is 23.4 Å². The van der Waals surface area contributed by atoms with E-state index in [0.717, 1.165) is 4.90 Å². The third-order valence-electron chi connectivity index (χ3n) is 4.06. The Morgan fingerprint density at radius 3 is 2.53 bits per heavy atom. The van der Waals surface area contributed by atoms with E-state index in [0.29, 0.717) is 15.8 Å². The van der Waals surface area contributed by atoms with Crippen molar-refractivity contribution < 1.29 is 29.0 Å². The summed E-state index contributed by atoms with van der Waals surface area (Å²) in [5.74, 6) is -0.211. The number of anilines is 1. The van der Waals surface area contributed by atoms with Crippen molar-refractivity contribution in [3.05, 3.63) is 63.6 Å². The van der Waals surface area contributed by atoms with Crippen LogP contribution in [-0.2, 0) is 9.59 Å². The van der Waals surface area contributed by atoms with Gasteiger partial charge in [-0.1, -0.05) is 21.9 Å². The van der Waals surface area contributed by atoms with Crippen LogP contribution in [0.1, 0.15) is 15.9 Å². The van der Waals surface area contributed by atoms with Gasteiger partial charge >= 0.3 is 12.0 Å². The minimum absolute atomic E-state index is 0.0140. The van der Waals surface area contributed by atoms with Crippen molar-refractivity contribution in [1.82, 2.24) is 5.32 Å². The summed E-state index contributed by atoms with van der Waals surface area (Å²) in [7, 11) is 0. The lowest BCUT2D eigenvalue weighted by atomic mass is 10.1. The van der Waals surface area contributed by atoms with Crippen LogP contribution < -0.4 is 15.0 Å². The maximum absolute atomic E-state index is 13.0. The number of hydrogen-bond acceptors (Lipinski definition) is 5. The number of aromatic carboxylic acids is 1. The van der Waals surface area contributed by atoms with Crippen LogP contribution in [0.5, 0.6) is 5.75 Å². The molecule has 0 unspecified atom stereocenters. The molecule has 9 heteroatoms. The van der Waals surface area contributed by atoms with Gasteiger partial charge in [-0.3, -0.25) is 14.9 Å². The van der Waals surface area contributed by atoms with Crippen LogP contribution in [-0.4, -0.2) is 35.5 Å². The molecule has 2 aromatic rings. The molecule has 1 aliphatic heterocycles. The molecule has 2 aromatic carbocycles. The lowest BCUT2D eigenvalue weighted by molar-refractivity contribution is -0.122. The second-order valence-electron chi connectivity index (χ2n) is 5.98. The predicted molar refractivity (Wildman–Crippen MR) is 111 cm³/mol. The molecular weight excluding hydrogens is 456 g/mol. The van der Waals surface area contributed by atoms with E-state index in [2.05, 4.69) is 27.2 Å². The number of carbonyl (C=O) groups excluding carboxylic acids is 3. The van der Waals surface area contributed by atoms with Crippen molar-refractivity contribution in [1.29, 1.82) is 0 Å². The number of carboxylic acid groups (broad SMARTS) is 1. The number of nitrogens with zero attached hydrogens (tertiary/aromatic N) is 1. The number of halogens is 1. The van der Waals surface area contributed by atoms with Gasteiger partial charge in [-0.25, -0.2) is 14.5 Å². The number of carboxylic acids is 1. The Morgan fingerprint density at radius 1 is 1.20 bits per heavy atom. The van der Waals surface area contributed by atoms with Gasteiger partial charge in [-0.2, -0.15) is 0 Å². The highest BCUT2D eigenvalue weighted by Crippen LogP contribution is 2.28. The first-order valence-corrected chi connectivity index (χ1v) is 9.21. The quantitative estimate of drug-likeness (QED) is 0.396. The van der Waals surface area contributed by atoms with Gasteiger partial charge in [0, 0.05) is 10.0 Å². The number of urea groups is 1. The fourth-order valence-electron chi connectivity index (χ4n) is 2.68. The molecule has 30 heavy (non-hydrogen) atoms. The molecule has 1 heterocycles. The number of benzene rings is 2. The Bertz CT molecular complexity index is 1130. The fourth-order valence-corrected chi connectivity index (χ4v) is 3.06. The smallest absolute Gasteiger partial charge is 0.335 e. The lowest BCUT2D eigenvalue weighted by Crippen LogP contribution is -2.54. The molecule has 1 aliphatic rings. The van der Waals surface area contributed by atoms with Crippen LogP contribution in [0.25, 0.3) is 6.08 Å². The van der Waals surface area contributed by atoms with Gasteiger partial charge in [0.15, 0.2) is 0 Å². The molecule has 0 atom stereocenters. The van der Waals surface area contributed by atoms with E-state index < -0.39 is 23.8 Å². The molecule has 0 aromatic heterocycles. The van der Waals surface area contributed by atoms with Crippen LogP contribution >= 0.6 is 15.9 Å². The Hall–Kier alpha value is -3.90. The van der Waals surface area contributed by atoms with Crippen molar-refractivity contribution in [2.24, 2.45) is 0 Å². The Kier molecular flexibility index (Phi) is 5.99. The number of terminal acetylenes is 1. The molecule has 3 rings (SSSR count). The molecular formula is C21H13BrN2O6. The summed E-state index contributed by atoms with van der Waals surface area (Å²) in [6.45, 7) is -0.0154. The van der Waals surface area contributed by atoms with E-state index >= 15 is 0 Å². The number of barbiturate groups is 1. The summed E-state index contributed by atoms with van der Waals surface area (Å²) >= 11 is 3.31. The molecule has 150 valence electrons. The zero-order chi connectivity index (χ0) is 21.8. The molecule has 0 bridgehead atoms. The first kappa shape index (κ1) is 20.8. The summed E-state index contributed by atoms with van der Waals surface area (Å²) in [5.41, 5.74) is 0.188. The molecule has 0 radical (unpaired) electrons. The van der Waals surface area contributed by atoms with Gasteiger partial charge in [-0.15, -0.1) is 6.42 Å². The number of ether oxygens (including phenoxy) is 1. The fraction of sp³-hybridized carbons (Fsp3) is 0.0476. The van der Waals surface area contributed by atoms with Crippen LogP contribution in [0.2, 0.25) is 0 Å². The summed E-state index contributed by atoms with van der Waals surface area (Å²) in [4.78, 5) is 49.3. The Balaban J connectivity index is 2.02. The van der Waals surface area contributed by atoms with Crippen molar-refractivity contribution in [2.75, 3.05) is 11.5 Å². The molecule has 0 saturated carbocycles. The van der Waals surface area contributed by atoms with Crippen molar-refractivity contribution in [3.63, 3.8) is 0 Å². The number of hydrogen-bond donors (Lipinski definition) is 2. The number of amides is 4. The molecule has 8 nitrogen and oxygen atoms in total. The van der Waals surface area contributed by atoms with Gasteiger partial charge in [-0.05, 0) is 48.5 Å². The van der Waals surface area contributed by atoms with E-state index in [1.54, 1.807) is 18.2 Å². The standard InChI is InChI=1S/C21H13BrN2O6/c1-2-9-30-17-8-5-14(22)10-13(17)11-16-18(25)23-21(29)24(19(16)26)15-6-3-12(4-7-15)20(27)28/h1,3-8,10-11H,9H2,(H,27,28)(H,23,25,29)/b16-11+. The van der Waals surface area contributed by atoms with Gasteiger partial charge in [0.05, 0.1) is 11.3 Å². The monoisotopic (exact) mass is 468 g/mol. The lowest BCUT2D eigenvalue weighted by Gasteiger charge is -2.26. The van der Waals surface area contributed by atoms with Crippen LogP contribution in [0.15, 0.2) is 52.5 Å². The Labute approximate surface area is 179 Å². The van der Waals surface area contributed by atoms with Crippen molar-refractivity contribution in [3.8, 4) is 18.1 Å². The van der Waals surface area contributed by atoms with E-state index in [1.807, 2.05) is 0 Å². The number of imide groups is 2. The maximum atomic E-state index is 13.0. The minimum atomic E-state index is -1.15. The van der Waals surface area contributed by atoms with E-state index in [1.165, 1.54) is 30.3 Å². The largest absolute Gasteiger partial charge is 0.480 e. The SMILES string of the molecule is C#CCOc1ccc(Br)cc1/C=C1\C(=O)NC(=O)N(c2ccc(C(=O)O)cc2)C1=O. The van der Waals surface area contributed by atoms with Crippen molar-refractivity contribution >= 4 is 51.5 Å². The molecule has 1 saturated heterocycles. The summed E-state index contributed by atoms with van der Waals surface area (Å²) in [6.07, 6.45) is 6.50. The van der Waals surface area contributed by atoms with Crippen LogP contribution in [0.4, 0.5) is 10.5 Å². The van der Waals surface area contributed by atoms with Gasteiger partial charge in [0.25, 0.3) is 11.8 Å². The molecule has 0 spiro atoms. The zero-order valence-electron chi connectivity index (χ0n) is 15.2. The second-order valence-corrected chi connectivity index (χ2v) is 6.90. The number of nitrogens with one attached hydrogen (secondary N) is 1. The van der Waals surface area contributed by atoms with Crippen LogP contribution in [0.3, 0.4) is 0 Å². The normalized spacial score (nSPS) is 15.0. The average Bonchev–Trinajstić information content (AvgIpc) is 2.70. The Morgan fingerprint density at radius 2 is 1.90 bits per heavy atom. The van der Waals surface area contributed by atoms with E-state index in [9.17, 15) is 19.2 Å². The third kappa shape index (κ3) is 4.24. The summed E-state index contributed by atoms with van der Waals surface area (Å²) < 4.78 is 6.11. The average molecular weight is 469 g/mol. The number of rotatable bonds is 5. The molecule has 2 N–H and O–H groups in total. The molecule has 4 amide bonds. The van der Waals surface area contributed by atoms with Gasteiger partial charge in [0.1, 0.15) is 17.9 Å². The minimum Gasteiger partial charge on any atom is -0.480 e. The summed E-state index contributed by atoms with van der Waals surface area (Å²) in [5, 5.41) is 11.1. The summed E-state index contributed by atoms with van der Waals surface area (Å²) in [6, 6.07) is 9.11. The highest BCUT2D eigenvalue weighted by molar-refractivity contribution is 9.10. The highest BCUT2D eigenvalue weighted by atomic mass is 79.9. The maximum Gasteiger partial charge on any atom is 0.335 e. The zero-order valence-corrected chi connectivity index (χ0v) is 16.8. The first-order valence-electron chi connectivity index (χ1n) is 8.42. The van der Waals surface area contributed by atoms with E-state index in [4.69, 9.17) is 16.3 Å².